The van der Waals surface area contributed by atoms with Gasteiger partial charge < -0.3 is 9.64 Å². The first kappa shape index (κ1) is 19.4. The zero-order valence-electron chi connectivity index (χ0n) is 14.2. The Labute approximate surface area is 159 Å². The average molecular weight is 400 g/mol. The predicted octanol–water partition coefficient (Wildman–Crippen LogP) is 3.59. The van der Waals surface area contributed by atoms with Crippen LogP contribution in [-0.2, 0) is 6.54 Å². The summed E-state index contributed by atoms with van der Waals surface area (Å²) in [5, 5.41) is 0.186. The van der Waals surface area contributed by atoms with Crippen LogP contribution in [0.3, 0.4) is 0 Å². The Bertz CT molecular complexity index is 791. The Morgan fingerprint density at radius 1 is 1.11 bits per heavy atom. The number of hydrogen-bond acceptors (Lipinski definition) is 4. The van der Waals surface area contributed by atoms with Crippen LogP contribution in [0.4, 0.5) is 13.2 Å². The van der Waals surface area contributed by atoms with Gasteiger partial charge in [0.25, 0.3) is 5.91 Å². The molecule has 0 N–H and O–H groups in total. The maximum Gasteiger partial charge on any atom is 0.573 e. The lowest BCUT2D eigenvalue weighted by atomic mass is 10.1. The molecule has 0 spiro atoms. The molecule has 3 rings (SSSR count). The maximum absolute atomic E-state index is 12.5. The van der Waals surface area contributed by atoms with Crippen LogP contribution in [0.15, 0.2) is 42.6 Å². The van der Waals surface area contributed by atoms with E-state index in [-0.39, 0.29) is 16.8 Å². The highest BCUT2D eigenvalue weighted by Gasteiger charge is 2.31. The summed E-state index contributed by atoms with van der Waals surface area (Å²) in [7, 11) is 0. The third-order valence-corrected chi connectivity index (χ3v) is 4.51. The molecule has 5 nitrogen and oxygen atoms in total. The van der Waals surface area contributed by atoms with Crippen molar-refractivity contribution >= 4 is 17.5 Å². The van der Waals surface area contributed by atoms with Crippen LogP contribution in [-0.4, -0.2) is 53.2 Å². The summed E-state index contributed by atoms with van der Waals surface area (Å²) < 4.78 is 40.4. The van der Waals surface area contributed by atoms with Gasteiger partial charge in [0.2, 0.25) is 0 Å². The molecule has 1 fully saturated rings. The fourth-order valence-electron chi connectivity index (χ4n) is 2.88. The molecule has 1 saturated heterocycles. The maximum atomic E-state index is 12.5. The van der Waals surface area contributed by atoms with Crippen molar-refractivity contribution in [3.8, 4) is 5.75 Å². The standard InChI is InChI=1S/C18H17ClF3N3O2/c19-16-15(2-1-7-23-16)17(26)25-10-8-24(9-11-25)12-13-3-5-14(6-4-13)27-18(20,21)22/h1-7H,8-12H2. The Balaban J connectivity index is 1.52. The second-order valence-corrected chi connectivity index (χ2v) is 6.46. The second-order valence-electron chi connectivity index (χ2n) is 6.10. The Kier molecular flexibility index (Phi) is 5.86. The highest BCUT2D eigenvalue weighted by molar-refractivity contribution is 6.32. The molecular weight excluding hydrogens is 383 g/mol. The van der Waals surface area contributed by atoms with E-state index >= 15 is 0 Å². The fraction of sp³-hybridized carbons (Fsp3) is 0.333. The van der Waals surface area contributed by atoms with Gasteiger partial charge in [0.1, 0.15) is 10.9 Å². The van der Waals surface area contributed by atoms with Gasteiger partial charge in [0, 0.05) is 38.9 Å². The minimum atomic E-state index is -4.69. The number of carbonyl (C=O) groups excluding carboxylic acids is 1. The van der Waals surface area contributed by atoms with E-state index in [1.807, 2.05) is 0 Å². The van der Waals surface area contributed by atoms with Gasteiger partial charge in [-0.25, -0.2) is 4.98 Å². The highest BCUT2D eigenvalue weighted by Crippen LogP contribution is 2.23. The van der Waals surface area contributed by atoms with Crippen molar-refractivity contribution in [1.29, 1.82) is 0 Å². The van der Waals surface area contributed by atoms with Gasteiger partial charge in [-0.1, -0.05) is 23.7 Å². The van der Waals surface area contributed by atoms with Crippen molar-refractivity contribution in [3.63, 3.8) is 0 Å². The first-order valence-corrected chi connectivity index (χ1v) is 8.66. The largest absolute Gasteiger partial charge is 0.573 e. The Morgan fingerprint density at radius 2 is 1.78 bits per heavy atom. The van der Waals surface area contributed by atoms with E-state index in [4.69, 9.17) is 11.6 Å². The summed E-state index contributed by atoms with van der Waals surface area (Å²) in [6.45, 7) is 2.98. The zero-order chi connectivity index (χ0) is 19.4. The first-order chi connectivity index (χ1) is 12.8. The van der Waals surface area contributed by atoms with Gasteiger partial charge in [0.05, 0.1) is 5.56 Å². The molecule has 0 atom stereocenters. The summed E-state index contributed by atoms with van der Waals surface area (Å²) in [4.78, 5) is 20.3. The van der Waals surface area contributed by atoms with Crippen LogP contribution in [0, 0.1) is 0 Å². The summed E-state index contributed by atoms with van der Waals surface area (Å²) >= 11 is 5.98. The average Bonchev–Trinajstić information content (AvgIpc) is 2.63. The van der Waals surface area contributed by atoms with Crippen LogP contribution in [0.2, 0.25) is 5.15 Å². The van der Waals surface area contributed by atoms with E-state index in [2.05, 4.69) is 14.6 Å². The molecule has 1 aromatic heterocycles. The smallest absolute Gasteiger partial charge is 0.406 e. The zero-order valence-corrected chi connectivity index (χ0v) is 15.0. The third kappa shape index (κ3) is 5.33. The van der Waals surface area contributed by atoms with Crippen LogP contribution < -0.4 is 4.74 Å². The molecule has 1 amide bonds. The highest BCUT2D eigenvalue weighted by atomic mass is 35.5. The first-order valence-electron chi connectivity index (χ1n) is 8.29. The topological polar surface area (TPSA) is 45.7 Å². The van der Waals surface area contributed by atoms with E-state index in [0.717, 1.165) is 5.56 Å². The summed E-state index contributed by atoms with van der Waals surface area (Å²) in [6, 6.07) is 9.12. The SMILES string of the molecule is O=C(c1cccnc1Cl)N1CCN(Cc2ccc(OC(F)(F)F)cc2)CC1. The summed E-state index contributed by atoms with van der Waals surface area (Å²) in [6.07, 6.45) is -3.16. The Morgan fingerprint density at radius 3 is 2.37 bits per heavy atom. The van der Waals surface area contributed by atoms with Crippen LogP contribution in [0.1, 0.15) is 15.9 Å². The van der Waals surface area contributed by atoms with Crippen molar-refractivity contribution in [1.82, 2.24) is 14.8 Å². The number of rotatable bonds is 4. The normalized spacial score (nSPS) is 15.6. The lowest BCUT2D eigenvalue weighted by molar-refractivity contribution is -0.274. The number of alkyl halides is 3. The van der Waals surface area contributed by atoms with Crippen molar-refractivity contribution in [3.05, 3.63) is 58.9 Å². The summed E-state index contributed by atoms with van der Waals surface area (Å²) in [5.74, 6) is -0.392. The molecule has 144 valence electrons. The minimum Gasteiger partial charge on any atom is -0.406 e. The lowest BCUT2D eigenvalue weighted by Gasteiger charge is -2.34. The Hall–Kier alpha value is -2.32. The van der Waals surface area contributed by atoms with Gasteiger partial charge in [-0.05, 0) is 29.8 Å². The van der Waals surface area contributed by atoms with Crippen LogP contribution in [0.25, 0.3) is 0 Å². The van der Waals surface area contributed by atoms with E-state index in [0.29, 0.717) is 38.3 Å². The van der Waals surface area contributed by atoms with Crippen molar-refractivity contribution in [2.75, 3.05) is 26.2 Å². The minimum absolute atomic E-state index is 0.151. The molecule has 0 unspecified atom stereocenters. The van der Waals surface area contributed by atoms with Crippen LogP contribution >= 0.6 is 11.6 Å². The van der Waals surface area contributed by atoms with Crippen molar-refractivity contribution in [2.24, 2.45) is 0 Å². The number of pyridine rings is 1. The number of hydrogen-bond donors (Lipinski definition) is 0. The van der Waals surface area contributed by atoms with E-state index in [1.54, 1.807) is 29.2 Å². The van der Waals surface area contributed by atoms with Crippen LogP contribution in [0.5, 0.6) is 5.75 Å². The fourth-order valence-corrected chi connectivity index (χ4v) is 3.08. The molecule has 1 aliphatic rings. The molecule has 1 aliphatic heterocycles. The molecule has 1 aromatic carbocycles. The lowest BCUT2D eigenvalue weighted by Crippen LogP contribution is -2.48. The predicted molar refractivity (Wildman–Crippen MR) is 93.6 cm³/mol. The number of piperazine rings is 1. The number of halogens is 4. The van der Waals surface area contributed by atoms with Gasteiger partial charge >= 0.3 is 6.36 Å². The van der Waals surface area contributed by atoms with Gasteiger partial charge in [-0.3, -0.25) is 9.69 Å². The molecular formula is C18H17ClF3N3O2. The number of aromatic nitrogens is 1. The molecule has 2 aromatic rings. The molecule has 27 heavy (non-hydrogen) atoms. The number of nitrogens with zero attached hydrogens (tertiary/aromatic N) is 3. The molecule has 9 heteroatoms. The number of benzene rings is 1. The van der Waals surface area contributed by atoms with Gasteiger partial charge in [0.15, 0.2) is 0 Å². The van der Waals surface area contributed by atoms with Gasteiger partial charge in [-0.15, -0.1) is 13.2 Å². The number of ether oxygens (including phenoxy) is 1. The quantitative estimate of drug-likeness (QED) is 0.737. The van der Waals surface area contributed by atoms with E-state index in [9.17, 15) is 18.0 Å². The summed E-state index contributed by atoms with van der Waals surface area (Å²) in [5.41, 5.74) is 1.26. The third-order valence-electron chi connectivity index (χ3n) is 4.21. The molecule has 0 aliphatic carbocycles. The number of amides is 1. The molecule has 2 heterocycles. The molecule has 0 radical (unpaired) electrons. The molecule has 0 saturated carbocycles. The van der Waals surface area contributed by atoms with E-state index < -0.39 is 6.36 Å². The number of carbonyl (C=O) groups is 1. The van der Waals surface area contributed by atoms with Crippen molar-refractivity contribution in [2.45, 2.75) is 12.9 Å². The monoisotopic (exact) mass is 399 g/mol. The van der Waals surface area contributed by atoms with E-state index in [1.165, 1.54) is 18.3 Å². The van der Waals surface area contributed by atoms with Crippen molar-refractivity contribution < 1.29 is 22.7 Å². The van der Waals surface area contributed by atoms with Gasteiger partial charge in [-0.2, -0.15) is 0 Å². The second kappa shape index (κ2) is 8.14. The molecule has 0 bridgehead atoms.